The summed E-state index contributed by atoms with van der Waals surface area (Å²) in [6.07, 6.45) is 1.48. The Bertz CT molecular complexity index is 788. The van der Waals surface area contributed by atoms with E-state index in [0.29, 0.717) is 24.4 Å². The quantitative estimate of drug-likeness (QED) is 0.857. The van der Waals surface area contributed by atoms with Crippen LogP contribution in [0, 0.1) is 5.92 Å². The van der Waals surface area contributed by atoms with Crippen molar-refractivity contribution in [2.24, 2.45) is 5.92 Å². The smallest absolute Gasteiger partial charge is 0.143 e. The third-order valence-corrected chi connectivity index (χ3v) is 6.28. The molecule has 0 aromatic heterocycles. The van der Waals surface area contributed by atoms with Gasteiger partial charge in [0.05, 0.1) is 18.3 Å². The first-order chi connectivity index (χ1) is 12.5. The highest BCUT2D eigenvalue weighted by atomic mass is 16.5. The topological polar surface area (TPSA) is 32.7 Å². The maximum atomic E-state index is 11.0. The lowest BCUT2D eigenvalue weighted by Gasteiger charge is -2.36. The minimum Gasteiger partial charge on any atom is -0.490 e. The standard InChI is InChI=1S/C23H29NO2/c1-15-12-16(2)20(19-7-5-4-6-18(15)19)14-22(25)17-8-9-21-23(13-17)26-11-10-24(21)3/h4-9,13,15-16,20,22,25H,10-12,14H2,1-3H3/t15-,16+,20?,22?/m1/s1. The van der Waals surface area contributed by atoms with Crippen LogP contribution in [-0.2, 0) is 0 Å². The maximum absolute atomic E-state index is 11.0. The summed E-state index contributed by atoms with van der Waals surface area (Å²) in [4.78, 5) is 2.20. The lowest BCUT2D eigenvalue weighted by molar-refractivity contribution is 0.142. The fourth-order valence-electron chi connectivity index (χ4n) is 4.77. The number of fused-ring (bicyclic) bond motifs is 2. The molecule has 2 unspecified atom stereocenters. The number of rotatable bonds is 3. The molecule has 1 N–H and O–H groups in total. The molecule has 0 fully saturated rings. The molecule has 2 aromatic carbocycles. The summed E-state index contributed by atoms with van der Waals surface area (Å²) in [7, 11) is 2.08. The summed E-state index contributed by atoms with van der Waals surface area (Å²) in [5.74, 6) is 2.47. The van der Waals surface area contributed by atoms with Gasteiger partial charge in [-0.2, -0.15) is 0 Å². The lowest BCUT2D eigenvalue weighted by Crippen LogP contribution is -2.28. The van der Waals surface area contributed by atoms with Crippen LogP contribution in [0.15, 0.2) is 42.5 Å². The van der Waals surface area contributed by atoms with Crippen LogP contribution in [0.25, 0.3) is 0 Å². The van der Waals surface area contributed by atoms with Crippen LogP contribution in [0.1, 0.15) is 61.3 Å². The number of hydrogen-bond donors (Lipinski definition) is 1. The van der Waals surface area contributed by atoms with E-state index >= 15 is 0 Å². The molecule has 3 nitrogen and oxygen atoms in total. The van der Waals surface area contributed by atoms with E-state index in [1.54, 1.807) is 0 Å². The maximum Gasteiger partial charge on any atom is 0.143 e. The molecule has 138 valence electrons. The molecule has 0 spiro atoms. The van der Waals surface area contributed by atoms with E-state index in [9.17, 15) is 5.11 Å². The largest absolute Gasteiger partial charge is 0.490 e. The summed E-state index contributed by atoms with van der Waals surface area (Å²) in [5.41, 5.74) is 4.95. The minimum atomic E-state index is -0.468. The molecule has 0 amide bonds. The van der Waals surface area contributed by atoms with Gasteiger partial charge in [0.25, 0.3) is 0 Å². The van der Waals surface area contributed by atoms with Crippen molar-refractivity contribution < 1.29 is 9.84 Å². The lowest BCUT2D eigenvalue weighted by atomic mass is 9.69. The van der Waals surface area contributed by atoms with E-state index in [1.165, 1.54) is 17.5 Å². The van der Waals surface area contributed by atoms with Crippen molar-refractivity contribution >= 4 is 5.69 Å². The Balaban J connectivity index is 1.58. The van der Waals surface area contributed by atoms with E-state index in [4.69, 9.17) is 4.74 Å². The van der Waals surface area contributed by atoms with Crippen molar-refractivity contribution in [3.8, 4) is 5.75 Å². The Morgan fingerprint density at radius 2 is 1.92 bits per heavy atom. The second-order valence-electron chi connectivity index (χ2n) is 8.10. The van der Waals surface area contributed by atoms with Gasteiger partial charge in [0.1, 0.15) is 12.4 Å². The van der Waals surface area contributed by atoms with Gasteiger partial charge in [0.15, 0.2) is 0 Å². The molecule has 4 atom stereocenters. The zero-order valence-electron chi connectivity index (χ0n) is 16.0. The van der Waals surface area contributed by atoms with Crippen LogP contribution in [0.2, 0.25) is 0 Å². The summed E-state index contributed by atoms with van der Waals surface area (Å²) in [6, 6.07) is 14.9. The van der Waals surface area contributed by atoms with Crippen molar-refractivity contribution in [1.82, 2.24) is 0 Å². The normalized spacial score (nSPS) is 25.8. The molecule has 0 saturated heterocycles. The van der Waals surface area contributed by atoms with Gasteiger partial charge in [-0.15, -0.1) is 0 Å². The van der Waals surface area contributed by atoms with Crippen LogP contribution in [-0.4, -0.2) is 25.3 Å². The number of benzene rings is 2. The second-order valence-corrected chi connectivity index (χ2v) is 8.10. The summed E-state index contributed by atoms with van der Waals surface area (Å²) >= 11 is 0. The Kier molecular flexibility index (Phi) is 4.66. The Morgan fingerprint density at radius 3 is 2.73 bits per heavy atom. The van der Waals surface area contributed by atoms with E-state index < -0.39 is 6.10 Å². The van der Waals surface area contributed by atoms with Crippen LogP contribution in [0.4, 0.5) is 5.69 Å². The number of anilines is 1. The molecular formula is C23H29NO2. The number of ether oxygens (including phenoxy) is 1. The van der Waals surface area contributed by atoms with Crippen molar-refractivity contribution in [3.63, 3.8) is 0 Å². The second kappa shape index (κ2) is 6.96. The van der Waals surface area contributed by atoms with Gasteiger partial charge in [-0.3, -0.25) is 0 Å². The van der Waals surface area contributed by atoms with E-state index in [0.717, 1.165) is 30.0 Å². The van der Waals surface area contributed by atoms with Gasteiger partial charge in [0.2, 0.25) is 0 Å². The number of aliphatic hydroxyl groups excluding tert-OH is 1. The van der Waals surface area contributed by atoms with E-state index in [2.05, 4.69) is 62.2 Å². The average molecular weight is 351 g/mol. The average Bonchev–Trinajstić information content (AvgIpc) is 2.65. The monoisotopic (exact) mass is 351 g/mol. The molecule has 0 radical (unpaired) electrons. The summed E-state index contributed by atoms with van der Waals surface area (Å²) < 4.78 is 5.81. The highest BCUT2D eigenvalue weighted by Crippen LogP contribution is 2.46. The number of nitrogens with zero attached hydrogens (tertiary/aromatic N) is 1. The minimum absolute atomic E-state index is 0.400. The van der Waals surface area contributed by atoms with Crippen molar-refractivity contribution in [3.05, 3.63) is 59.2 Å². The zero-order valence-corrected chi connectivity index (χ0v) is 16.0. The third kappa shape index (κ3) is 3.09. The van der Waals surface area contributed by atoms with E-state index in [1.807, 2.05) is 6.07 Å². The number of aliphatic hydroxyl groups is 1. The highest BCUT2D eigenvalue weighted by molar-refractivity contribution is 5.60. The molecule has 1 aliphatic carbocycles. The van der Waals surface area contributed by atoms with Gasteiger partial charge >= 0.3 is 0 Å². The van der Waals surface area contributed by atoms with Crippen LogP contribution >= 0.6 is 0 Å². The Morgan fingerprint density at radius 1 is 1.15 bits per heavy atom. The fourth-order valence-corrected chi connectivity index (χ4v) is 4.77. The van der Waals surface area contributed by atoms with Crippen molar-refractivity contribution in [1.29, 1.82) is 0 Å². The predicted octanol–water partition coefficient (Wildman–Crippen LogP) is 4.87. The van der Waals surface area contributed by atoms with Crippen LogP contribution in [0.5, 0.6) is 5.75 Å². The first-order valence-electron chi connectivity index (χ1n) is 9.79. The van der Waals surface area contributed by atoms with Gasteiger partial charge in [0, 0.05) is 7.05 Å². The van der Waals surface area contributed by atoms with Crippen molar-refractivity contribution in [2.45, 2.75) is 44.6 Å². The molecule has 2 aliphatic rings. The van der Waals surface area contributed by atoms with Crippen LogP contribution < -0.4 is 9.64 Å². The summed E-state index contributed by atoms with van der Waals surface area (Å²) in [5, 5.41) is 11.0. The molecule has 1 aliphatic heterocycles. The molecule has 0 saturated carbocycles. The van der Waals surface area contributed by atoms with Gasteiger partial charge in [-0.25, -0.2) is 0 Å². The summed E-state index contributed by atoms with van der Waals surface area (Å²) in [6.45, 7) is 6.26. The van der Waals surface area contributed by atoms with Gasteiger partial charge in [-0.05, 0) is 59.4 Å². The fraction of sp³-hybridized carbons (Fsp3) is 0.478. The Labute approximate surface area is 156 Å². The van der Waals surface area contributed by atoms with Crippen LogP contribution in [0.3, 0.4) is 0 Å². The van der Waals surface area contributed by atoms with Crippen molar-refractivity contribution in [2.75, 3.05) is 25.1 Å². The first-order valence-corrected chi connectivity index (χ1v) is 9.79. The molecular weight excluding hydrogens is 322 g/mol. The van der Waals surface area contributed by atoms with Gasteiger partial charge in [-0.1, -0.05) is 44.2 Å². The number of likely N-dealkylation sites (N-methyl/N-ethyl adjacent to an activating group) is 1. The van der Waals surface area contributed by atoms with Gasteiger partial charge < -0.3 is 14.7 Å². The third-order valence-electron chi connectivity index (χ3n) is 6.28. The number of hydrogen-bond acceptors (Lipinski definition) is 3. The van der Waals surface area contributed by atoms with E-state index in [-0.39, 0.29) is 0 Å². The predicted molar refractivity (Wildman–Crippen MR) is 106 cm³/mol. The Hall–Kier alpha value is -2.00. The molecule has 4 rings (SSSR count). The molecule has 0 bridgehead atoms. The SMILES string of the molecule is C[C@@H]1C[C@H](C)C(CC(O)c2ccc3c(c2)OCCN3C)c2ccccc21. The molecule has 1 heterocycles. The molecule has 26 heavy (non-hydrogen) atoms. The zero-order chi connectivity index (χ0) is 18.3. The molecule has 3 heteroatoms. The molecule has 2 aromatic rings. The first kappa shape index (κ1) is 17.4. The highest BCUT2D eigenvalue weighted by Gasteiger charge is 2.32.